The summed E-state index contributed by atoms with van der Waals surface area (Å²) in [5, 5.41) is 1.95. The summed E-state index contributed by atoms with van der Waals surface area (Å²) < 4.78 is 5.54. The van der Waals surface area contributed by atoms with E-state index in [0.717, 1.165) is 36.6 Å². The quantitative estimate of drug-likeness (QED) is 0.421. The Kier molecular flexibility index (Phi) is 7.07. The van der Waals surface area contributed by atoms with E-state index < -0.39 is 5.60 Å². The molecule has 0 radical (unpaired) electrons. The molecule has 0 N–H and O–H groups in total. The normalized spacial score (nSPS) is 18.5. The molecule has 2 rings (SSSR count). The largest absolute Gasteiger partial charge is 0.444 e. The molecule has 0 saturated carbocycles. The highest BCUT2D eigenvalue weighted by Crippen LogP contribution is 2.27. The van der Waals surface area contributed by atoms with Crippen LogP contribution in [0.5, 0.6) is 0 Å². The van der Waals surface area contributed by atoms with Crippen molar-refractivity contribution in [3.63, 3.8) is 0 Å². The number of aromatic nitrogens is 2. The first-order chi connectivity index (χ1) is 11.3. The van der Waals surface area contributed by atoms with E-state index in [-0.39, 0.29) is 12.1 Å². The van der Waals surface area contributed by atoms with Crippen LogP contribution >= 0.6 is 35.1 Å². The van der Waals surface area contributed by atoms with Crippen LogP contribution < -0.4 is 0 Å². The van der Waals surface area contributed by atoms with Crippen LogP contribution in [0, 0.1) is 0 Å². The Morgan fingerprint density at radius 3 is 2.83 bits per heavy atom. The van der Waals surface area contributed by atoms with E-state index in [1.54, 1.807) is 17.8 Å². The summed E-state index contributed by atoms with van der Waals surface area (Å²) >= 11 is 9.12. The van der Waals surface area contributed by atoms with E-state index >= 15 is 0 Å². The molecular formula is C16H24ClN3O2S2. The number of hydrogen-bond acceptors (Lipinski definition) is 6. The SMILES string of the molecule is CSc1nc(Cl)cc(SC[C@@H]2CCCCN2C(=O)OC(C)(C)C)n1. The van der Waals surface area contributed by atoms with Crippen LogP contribution in [0.15, 0.2) is 16.2 Å². The Balaban J connectivity index is 2.01. The fourth-order valence-corrected chi connectivity index (χ4v) is 4.25. The number of carbonyl (C=O) groups is 1. The third-order valence-electron chi connectivity index (χ3n) is 3.51. The maximum absolute atomic E-state index is 12.4. The van der Waals surface area contributed by atoms with Gasteiger partial charge in [-0.05, 0) is 46.3 Å². The van der Waals surface area contributed by atoms with Gasteiger partial charge in [0, 0.05) is 24.4 Å². The molecule has 1 aliphatic rings. The fraction of sp³-hybridized carbons (Fsp3) is 0.688. The number of halogens is 1. The topological polar surface area (TPSA) is 55.3 Å². The van der Waals surface area contributed by atoms with Crippen LogP contribution in [0.4, 0.5) is 4.79 Å². The summed E-state index contributed by atoms with van der Waals surface area (Å²) in [5.74, 6) is 0.778. The first-order valence-electron chi connectivity index (χ1n) is 7.99. The number of rotatable bonds is 4. The van der Waals surface area contributed by atoms with Gasteiger partial charge in [-0.2, -0.15) is 0 Å². The van der Waals surface area contributed by atoms with Gasteiger partial charge in [-0.1, -0.05) is 23.4 Å². The third-order valence-corrected chi connectivity index (χ3v) is 5.31. The van der Waals surface area contributed by atoms with E-state index in [9.17, 15) is 4.79 Å². The van der Waals surface area contributed by atoms with Crippen LogP contribution in [0.2, 0.25) is 5.15 Å². The number of likely N-dealkylation sites (tertiary alicyclic amines) is 1. The molecule has 5 nitrogen and oxygen atoms in total. The number of carbonyl (C=O) groups excluding carboxylic acids is 1. The fourth-order valence-electron chi connectivity index (χ4n) is 2.46. The van der Waals surface area contributed by atoms with Crippen molar-refractivity contribution >= 4 is 41.2 Å². The van der Waals surface area contributed by atoms with Crippen molar-refractivity contribution < 1.29 is 9.53 Å². The molecule has 0 unspecified atom stereocenters. The average Bonchev–Trinajstić information content (AvgIpc) is 2.51. The summed E-state index contributed by atoms with van der Waals surface area (Å²) in [4.78, 5) is 22.9. The number of hydrogen-bond donors (Lipinski definition) is 0. The Morgan fingerprint density at radius 2 is 2.17 bits per heavy atom. The second kappa shape index (κ2) is 8.63. The smallest absolute Gasteiger partial charge is 0.410 e. The van der Waals surface area contributed by atoms with Gasteiger partial charge in [0.05, 0.1) is 0 Å². The van der Waals surface area contributed by atoms with Crippen molar-refractivity contribution in [3.8, 4) is 0 Å². The molecule has 1 aliphatic heterocycles. The number of piperidine rings is 1. The Morgan fingerprint density at radius 1 is 1.42 bits per heavy atom. The van der Waals surface area contributed by atoms with Gasteiger partial charge in [0.2, 0.25) is 0 Å². The number of nitrogens with zero attached hydrogens (tertiary/aromatic N) is 3. The molecule has 0 bridgehead atoms. The average molecular weight is 390 g/mol. The molecule has 1 aromatic rings. The number of thioether (sulfide) groups is 2. The van der Waals surface area contributed by atoms with Gasteiger partial charge >= 0.3 is 6.09 Å². The summed E-state index contributed by atoms with van der Waals surface area (Å²) in [5.41, 5.74) is -0.473. The van der Waals surface area contributed by atoms with Crippen molar-refractivity contribution in [1.29, 1.82) is 0 Å². The molecule has 1 fully saturated rings. The van der Waals surface area contributed by atoms with E-state index in [1.165, 1.54) is 11.8 Å². The minimum absolute atomic E-state index is 0.157. The maximum Gasteiger partial charge on any atom is 0.410 e. The molecule has 134 valence electrons. The van der Waals surface area contributed by atoms with Gasteiger partial charge in [0.25, 0.3) is 0 Å². The molecule has 0 aromatic carbocycles. The van der Waals surface area contributed by atoms with Gasteiger partial charge in [-0.3, -0.25) is 0 Å². The molecular weight excluding hydrogens is 366 g/mol. The van der Waals surface area contributed by atoms with Crippen molar-refractivity contribution in [1.82, 2.24) is 14.9 Å². The monoisotopic (exact) mass is 389 g/mol. The van der Waals surface area contributed by atoms with Gasteiger partial charge in [0.15, 0.2) is 5.16 Å². The summed E-state index contributed by atoms with van der Waals surface area (Å²) in [6, 6.07) is 1.93. The summed E-state index contributed by atoms with van der Waals surface area (Å²) in [7, 11) is 0. The van der Waals surface area contributed by atoms with Crippen molar-refractivity contribution in [2.24, 2.45) is 0 Å². The number of ether oxygens (including phenoxy) is 1. The highest BCUT2D eigenvalue weighted by atomic mass is 35.5. The van der Waals surface area contributed by atoms with E-state index in [0.29, 0.717) is 10.3 Å². The Bertz CT molecular complexity index is 581. The second-order valence-electron chi connectivity index (χ2n) is 6.65. The zero-order valence-corrected chi connectivity index (χ0v) is 16.9. The summed E-state index contributed by atoms with van der Waals surface area (Å²) in [6.07, 6.45) is 4.84. The first kappa shape index (κ1) is 19.7. The predicted octanol–water partition coefficient (Wildman–Crippen LogP) is 4.73. The van der Waals surface area contributed by atoms with Crippen LogP contribution in [0.3, 0.4) is 0 Å². The maximum atomic E-state index is 12.4. The predicted molar refractivity (Wildman–Crippen MR) is 100 cm³/mol. The molecule has 1 saturated heterocycles. The molecule has 8 heteroatoms. The van der Waals surface area contributed by atoms with Gasteiger partial charge < -0.3 is 9.64 Å². The molecule has 1 amide bonds. The number of amides is 1. The molecule has 24 heavy (non-hydrogen) atoms. The van der Waals surface area contributed by atoms with E-state index in [2.05, 4.69) is 9.97 Å². The van der Waals surface area contributed by atoms with Crippen LogP contribution in [0.25, 0.3) is 0 Å². The lowest BCUT2D eigenvalue weighted by atomic mass is 10.0. The summed E-state index contributed by atoms with van der Waals surface area (Å²) in [6.45, 7) is 6.43. The van der Waals surface area contributed by atoms with Gasteiger partial charge in [0.1, 0.15) is 15.8 Å². The first-order valence-corrected chi connectivity index (χ1v) is 10.6. The molecule has 1 aromatic heterocycles. The van der Waals surface area contributed by atoms with Gasteiger partial charge in [-0.25, -0.2) is 14.8 Å². The lowest BCUT2D eigenvalue weighted by Crippen LogP contribution is -2.47. The van der Waals surface area contributed by atoms with Crippen molar-refractivity contribution in [2.45, 2.75) is 61.9 Å². The lowest BCUT2D eigenvalue weighted by molar-refractivity contribution is 0.0126. The minimum atomic E-state index is -0.473. The van der Waals surface area contributed by atoms with Crippen molar-refractivity contribution in [3.05, 3.63) is 11.2 Å². The third kappa shape index (κ3) is 6.01. The second-order valence-corrected chi connectivity index (χ2v) is 8.85. The van der Waals surface area contributed by atoms with E-state index in [1.807, 2.05) is 31.9 Å². The zero-order valence-electron chi connectivity index (χ0n) is 14.5. The Hall–Kier alpha value is -0.660. The van der Waals surface area contributed by atoms with Crippen LogP contribution in [-0.4, -0.2) is 51.2 Å². The standard InChI is InChI=1S/C16H24ClN3O2S2/c1-16(2,3)22-15(21)20-8-6-5-7-11(20)10-24-13-9-12(17)18-14(19-13)23-4/h9,11H,5-8,10H2,1-4H3/t11-/m0/s1. The zero-order chi connectivity index (χ0) is 17.7. The Labute approximate surface area is 157 Å². The molecule has 0 aliphatic carbocycles. The highest BCUT2D eigenvalue weighted by Gasteiger charge is 2.30. The molecule has 1 atom stereocenters. The lowest BCUT2D eigenvalue weighted by Gasteiger charge is -2.36. The minimum Gasteiger partial charge on any atom is -0.444 e. The van der Waals surface area contributed by atoms with E-state index in [4.69, 9.17) is 16.3 Å². The van der Waals surface area contributed by atoms with Crippen molar-refractivity contribution in [2.75, 3.05) is 18.6 Å². The molecule has 2 heterocycles. The van der Waals surface area contributed by atoms with Crippen LogP contribution in [-0.2, 0) is 4.74 Å². The highest BCUT2D eigenvalue weighted by molar-refractivity contribution is 7.99. The van der Waals surface area contributed by atoms with Crippen LogP contribution in [0.1, 0.15) is 40.0 Å². The molecule has 0 spiro atoms. The van der Waals surface area contributed by atoms with Gasteiger partial charge in [-0.15, -0.1) is 11.8 Å².